The Morgan fingerprint density at radius 2 is 1.57 bits per heavy atom. The van der Waals surface area contributed by atoms with Crippen LogP contribution in [0.15, 0.2) is 53.1 Å². The first kappa shape index (κ1) is 25.2. The number of benzene rings is 1. The van der Waals surface area contributed by atoms with E-state index in [0.717, 1.165) is 37.3 Å². The Bertz CT molecular complexity index is 826. The van der Waals surface area contributed by atoms with Gasteiger partial charge in [0.1, 0.15) is 17.4 Å². The fourth-order valence-electron chi connectivity index (χ4n) is 3.03. The van der Waals surface area contributed by atoms with Crippen molar-refractivity contribution in [2.45, 2.75) is 59.8 Å². The molecule has 0 spiro atoms. The van der Waals surface area contributed by atoms with Crippen molar-refractivity contribution in [3.63, 3.8) is 0 Å². The zero-order valence-corrected chi connectivity index (χ0v) is 18.7. The lowest BCUT2D eigenvalue weighted by atomic mass is 9.92. The summed E-state index contributed by atoms with van der Waals surface area (Å²) in [5, 5.41) is 19.3. The summed E-state index contributed by atoms with van der Waals surface area (Å²) in [6.45, 7) is 8.31. The average Bonchev–Trinajstić information content (AvgIpc) is 2.67. The second kappa shape index (κ2) is 12.7. The van der Waals surface area contributed by atoms with Gasteiger partial charge in [0, 0.05) is 6.07 Å². The van der Waals surface area contributed by atoms with Gasteiger partial charge < -0.3 is 14.9 Å². The van der Waals surface area contributed by atoms with Gasteiger partial charge in [0.25, 0.3) is 0 Å². The molecule has 1 aromatic carbocycles. The maximum atomic E-state index is 12.8. The van der Waals surface area contributed by atoms with E-state index in [1.54, 1.807) is 0 Å². The molecular formula is C25H34O5. The van der Waals surface area contributed by atoms with E-state index in [0.29, 0.717) is 0 Å². The normalized spacial score (nSPS) is 13.0. The highest BCUT2D eigenvalue weighted by atomic mass is 16.5. The Morgan fingerprint density at radius 1 is 0.967 bits per heavy atom. The summed E-state index contributed by atoms with van der Waals surface area (Å²) < 4.78 is 4.78. The molecule has 0 aliphatic carbocycles. The summed E-state index contributed by atoms with van der Waals surface area (Å²) in [6.07, 6.45) is 10.4. The van der Waals surface area contributed by atoms with Crippen molar-refractivity contribution in [3.05, 3.63) is 58.7 Å². The van der Waals surface area contributed by atoms with Gasteiger partial charge in [-0.05, 0) is 71.9 Å². The van der Waals surface area contributed by atoms with E-state index < -0.39 is 17.7 Å². The van der Waals surface area contributed by atoms with Crippen molar-refractivity contribution in [1.82, 2.24) is 0 Å². The van der Waals surface area contributed by atoms with Gasteiger partial charge in [0.15, 0.2) is 5.78 Å². The number of phenols is 2. The van der Waals surface area contributed by atoms with Crippen LogP contribution in [0, 0.1) is 5.92 Å². The number of ether oxygens (including phenoxy) is 1. The first-order chi connectivity index (χ1) is 14.1. The quantitative estimate of drug-likeness (QED) is 0.204. The summed E-state index contributed by atoms with van der Waals surface area (Å²) in [7, 11) is 1.23. The topological polar surface area (TPSA) is 83.8 Å². The van der Waals surface area contributed by atoms with E-state index in [9.17, 15) is 19.8 Å². The number of ketones is 1. The van der Waals surface area contributed by atoms with Crippen LogP contribution in [0.4, 0.5) is 0 Å². The van der Waals surface area contributed by atoms with Crippen LogP contribution in [-0.4, -0.2) is 29.1 Å². The number of esters is 1. The highest BCUT2D eigenvalue weighted by molar-refractivity contribution is 6.10. The third kappa shape index (κ3) is 8.68. The Balaban J connectivity index is 2.74. The van der Waals surface area contributed by atoms with Gasteiger partial charge in [-0.2, -0.15) is 0 Å². The first-order valence-corrected chi connectivity index (χ1v) is 10.2. The van der Waals surface area contributed by atoms with Crippen LogP contribution in [0.2, 0.25) is 0 Å². The van der Waals surface area contributed by atoms with Gasteiger partial charge in [0.05, 0.1) is 12.7 Å². The molecule has 0 amide bonds. The molecule has 0 aliphatic rings. The molecule has 0 saturated carbocycles. The number of rotatable bonds is 11. The first-order valence-electron chi connectivity index (χ1n) is 10.2. The smallest absolute Gasteiger partial charge is 0.316 e. The molecular weight excluding hydrogens is 380 g/mol. The molecule has 0 aromatic heterocycles. The molecule has 1 rings (SSSR count). The SMILES string of the molecule is COC(=O)C(CC=C(C)CCC=C(C)CCC=C(C)C)C(=O)c1ccc(O)cc1O. The molecule has 1 aromatic rings. The van der Waals surface area contributed by atoms with E-state index >= 15 is 0 Å². The molecule has 30 heavy (non-hydrogen) atoms. The van der Waals surface area contributed by atoms with Crippen LogP contribution in [0.1, 0.15) is 70.2 Å². The molecule has 1 unspecified atom stereocenters. The summed E-state index contributed by atoms with van der Waals surface area (Å²) in [5.74, 6) is -2.73. The Labute approximate surface area is 179 Å². The van der Waals surface area contributed by atoms with Gasteiger partial charge in [-0.3, -0.25) is 9.59 Å². The van der Waals surface area contributed by atoms with Crippen LogP contribution in [0.3, 0.4) is 0 Å². The van der Waals surface area contributed by atoms with Gasteiger partial charge in [-0.1, -0.05) is 34.9 Å². The largest absolute Gasteiger partial charge is 0.508 e. The minimum Gasteiger partial charge on any atom is -0.508 e. The zero-order valence-electron chi connectivity index (χ0n) is 18.7. The van der Waals surface area contributed by atoms with Crippen molar-refractivity contribution in [3.8, 4) is 11.5 Å². The van der Waals surface area contributed by atoms with Crippen LogP contribution >= 0.6 is 0 Å². The highest BCUT2D eigenvalue weighted by Crippen LogP contribution is 2.27. The maximum absolute atomic E-state index is 12.8. The Morgan fingerprint density at radius 3 is 2.13 bits per heavy atom. The van der Waals surface area contributed by atoms with Gasteiger partial charge in [-0.25, -0.2) is 0 Å². The number of hydrogen-bond acceptors (Lipinski definition) is 5. The van der Waals surface area contributed by atoms with Gasteiger partial charge in [0.2, 0.25) is 0 Å². The third-order valence-electron chi connectivity index (χ3n) is 4.87. The number of phenolic OH excluding ortho intramolecular Hbond substituents is 2. The molecule has 0 aliphatic heterocycles. The van der Waals surface area contributed by atoms with Crippen molar-refractivity contribution >= 4 is 11.8 Å². The van der Waals surface area contributed by atoms with Crippen molar-refractivity contribution in [2.75, 3.05) is 7.11 Å². The Kier molecular flexibility index (Phi) is 10.7. The molecule has 0 bridgehead atoms. The van der Waals surface area contributed by atoms with E-state index in [1.165, 1.54) is 30.4 Å². The summed E-state index contributed by atoms with van der Waals surface area (Å²) in [6, 6.07) is 3.69. The summed E-state index contributed by atoms with van der Waals surface area (Å²) in [5.41, 5.74) is 3.76. The predicted octanol–water partition coefficient (Wildman–Crippen LogP) is 5.88. The van der Waals surface area contributed by atoms with Crippen LogP contribution < -0.4 is 0 Å². The fraction of sp³-hybridized carbons (Fsp3) is 0.440. The summed E-state index contributed by atoms with van der Waals surface area (Å²) >= 11 is 0. The van der Waals surface area contributed by atoms with E-state index in [1.807, 2.05) is 13.0 Å². The molecule has 0 fully saturated rings. The second-order valence-corrected chi connectivity index (χ2v) is 7.84. The van der Waals surface area contributed by atoms with Gasteiger partial charge >= 0.3 is 5.97 Å². The maximum Gasteiger partial charge on any atom is 0.316 e. The second-order valence-electron chi connectivity index (χ2n) is 7.84. The average molecular weight is 415 g/mol. The van der Waals surface area contributed by atoms with Crippen LogP contribution in [0.5, 0.6) is 11.5 Å². The lowest BCUT2D eigenvalue weighted by Gasteiger charge is -2.13. The third-order valence-corrected chi connectivity index (χ3v) is 4.87. The Hall–Kier alpha value is -2.82. The van der Waals surface area contributed by atoms with E-state index in [-0.39, 0.29) is 23.5 Å². The molecule has 2 N–H and O–H groups in total. The number of Topliss-reactive ketones (excluding diaryl/α,β-unsaturated/α-hetero) is 1. The molecule has 1 atom stereocenters. The standard InChI is InChI=1S/C25H34O5/c1-17(2)8-6-9-18(3)10-7-11-19(4)12-14-22(25(29)30-5)24(28)21-15-13-20(26)16-23(21)27/h8,10,12-13,15-16,22,26-27H,6-7,9,11,14H2,1-5H3. The lowest BCUT2D eigenvalue weighted by molar-refractivity contribution is -0.143. The van der Waals surface area contributed by atoms with E-state index in [2.05, 4.69) is 32.9 Å². The van der Waals surface area contributed by atoms with Crippen molar-refractivity contribution in [1.29, 1.82) is 0 Å². The number of aromatic hydroxyl groups is 2. The molecule has 0 heterocycles. The number of carbonyl (C=O) groups excluding carboxylic acids is 2. The monoisotopic (exact) mass is 414 g/mol. The molecule has 5 heteroatoms. The van der Waals surface area contributed by atoms with Crippen molar-refractivity contribution in [2.24, 2.45) is 5.92 Å². The molecule has 5 nitrogen and oxygen atoms in total. The number of methoxy groups -OCH3 is 1. The zero-order chi connectivity index (χ0) is 22.7. The van der Waals surface area contributed by atoms with Gasteiger partial charge in [-0.15, -0.1) is 0 Å². The predicted molar refractivity (Wildman–Crippen MR) is 120 cm³/mol. The van der Waals surface area contributed by atoms with E-state index in [4.69, 9.17) is 4.74 Å². The molecule has 164 valence electrons. The fourth-order valence-corrected chi connectivity index (χ4v) is 3.03. The van der Waals surface area contributed by atoms with Crippen molar-refractivity contribution < 1.29 is 24.5 Å². The van der Waals surface area contributed by atoms with Crippen LogP contribution in [0.25, 0.3) is 0 Å². The number of carbonyl (C=O) groups is 2. The lowest BCUT2D eigenvalue weighted by Crippen LogP contribution is -2.25. The molecule has 0 radical (unpaired) electrons. The van der Waals surface area contributed by atoms with Crippen LogP contribution in [-0.2, 0) is 9.53 Å². The summed E-state index contributed by atoms with van der Waals surface area (Å²) in [4.78, 5) is 24.9. The molecule has 0 saturated heterocycles. The minimum atomic E-state index is -1.04. The number of hydrogen-bond donors (Lipinski definition) is 2. The minimum absolute atomic E-state index is 0.0100. The highest BCUT2D eigenvalue weighted by Gasteiger charge is 2.29. The number of allylic oxidation sites excluding steroid dienone is 6.